The van der Waals surface area contributed by atoms with Gasteiger partial charge in [-0.15, -0.1) is 0 Å². The van der Waals surface area contributed by atoms with Gasteiger partial charge in [-0.25, -0.2) is 0 Å². The molecule has 1 aliphatic rings. The van der Waals surface area contributed by atoms with Gasteiger partial charge in [0.25, 0.3) is 0 Å². The highest BCUT2D eigenvalue weighted by atomic mass is 16.2. The third-order valence-corrected chi connectivity index (χ3v) is 5.34. The number of anilines is 1. The van der Waals surface area contributed by atoms with Crippen molar-refractivity contribution in [2.45, 2.75) is 51.7 Å². The molecular formula is C21H30N4O4. The molecule has 0 aliphatic carbocycles. The Morgan fingerprint density at radius 2 is 1.86 bits per heavy atom. The zero-order chi connectivity index (χ0) is 21.4. The topological polar surface area (TPSA) is 98.8 Å². The standard InChI is InChI=1S/C21H30N4O4/c1-15(27)20(23-16(2)28)12-21(29)25-10-8-18(9-11-25)24(3)13-17-6-4-5-7-19(17)22-14-26/h4-7,14,18,20H,8-13H2,1-3H3,(H,22,26)(H,23,28). The van der Waals surface area contributed by atoms with Crippen molar-refractivity contribution in [1.29, 1.82) is 0 Å². The van der Waals surface area contributed by atoms with E-state index in [0.29, 0.717) is 32.1 Å². The van der Waals surface area contributed by atoms with Crippen molar-refractivity contribution in [3.05, 3.63) is 29.8 Å². The van der Waals surface area contributed by atoms with Gasteiger partial charge in [-0.3, -0.25) is 24.1 Å². The number of rotatable bonds is 9. The summed E-state index contributed by atoms with van der Waals surface area (Å²) in [7, 11) is 2.04. The van der Waals surface area contributed by atoms with Crippen molar-refractivity contribution in [2.24, 2.45) is 0 Å². The van der Waals surface area contributed by atoms with Crippen LogP contribution in [0.15, 0.2) is 24.3 Å². The first kappa shape index (κ1) is 22.5. The fourth-order valence-corrected chi connectivity index (χ4v) is 3.66. The molecule has 2 rings (SSSR count). The molecule has 1 unspecified atom stereocenters. The Morgan fingerprint density at radius 3 is 2.45 bits per heavy atom. The summed E-state index contributed by atoms with van der Waals surface area (Å²) in [4.78, 5) is 50.2. The lowest BCUT2D eigenvalue weighted by Crippen LogP contribution is -2.48. The number of carbonyl (C=O) groups excluding carboxylic acids is 4. The predicted octanol–water partition coefficient (Wildman–Crippen LogP) is 1.16. The second kappa shape index (κ2) is 10.7. The molecule has 1 fully saturated rings. The Balaban J connectivity index is 1.88. The summed E-state index contributed by atoms with van der Waals surface area (Å²) in [6.07, 6.45) is 2.34. The third kappa shape index (κ3) is 6.67. The number of Topliss-reactive ketones (excluding diaryl/α,β-unsaturated/α-hetero) is 1. The van der Waals surface area contributed by atoms with E-state index in [4.69, 9.17) is 0 Å². The van der Waals surface area contributed by atoms with E-state index in [9.17, 15) is 19.2 Å². The van der Waals surface area contributed by atoms with Gasteiger partial charge in [0.15, 0.2) is 5.78 Å². The molecule has 29 heavy (non-hydrogen) atoms. The van der Waals surface area contributed by atoms with Crippen molar-refractivity contribution in [3.8, 4) is 0 Å². The maximum Gasteiger partial charge on any atom is 0.225 e. The minimum atomic E-state index is -0.762. The molecule has 0 bridgehead atoms. The number of amides is 3. The van der Waals surface area contributed by atoms with E-state index in [1.807, 2.05) is 31.3 Å². The maximum absolute atomic E-state index is 12.5. The Labute approximate surface area is 171 Å². The SMILES string of the molecule is CC(=O)NC(CC(=O)N1CCC(N(C)Cc2ccccc2NC=O)CC1)C(C)=O. The van der Waals surface area contributed by atoms with Crippen molar-refractivity contribution in [3.63, 3.8) is 0 Å². The van der Waals surface area contributed by atoms with E-state index < -0.39 is 6.04 Å². The van der Waals surface area contributed by atoms with Crippen LogP contribution in [0.2, 0.25) is 0 Å². The minimum Gasteiger partial charge on any atom is -0.346 e. The first-order valence-corrected chi connectivity index (χ1v) is 9.85. The van der Waals surface area contributed by atoms with Gasteiger partial charge in [0.1, 0.15) is 0 Å². The summed E-state index contributed by atoms with van der Waals surface area (Å²) >= 11 is 0. The van der Waals surface area contributed by atoms with Crippen LogP contribution in [0.3, 0.4) is 0 Å². The normalized spacial score (nSPS) is 15.7. The van der Waals surface area contributed by atoms with Gasteiger partial charge in [0.05, 0.1) is 12.5 Å². The number of hydrogen-bond acceptors (Lipinski definition) is 5. The monoisotopic (exact) mass is 402 g/mol. The number of para-hydroxylation sites is 1. The molecule has 1 aromatic carbocycles. The molecule has 3 amide bonds. The van der Waals surface area contributed by atoms with Crippen LogP contribution in [0, 0.1) is 0 Å². The Kier molecular flexibility index (Phi) is 8.33. The fraction of sp³-hybridized carbons (Fsp3) is 0.524. The summed E-state index contributed by atoms with van der Waals surface area (Å²) in [5.74, 6) is -0.644. The Bertz CT molecular complexity index is 744. The average molecular weight is 402 g/mol. The molecule has 1 atom stereocenters. The molecule has 1 aromatic rings. The van der Waals surface area contributed by atoms with Crippen LogP contribution in [0.1, 0.15) is 38.7 Å². The molecule has 1 aliphatic heterocycles. The molecule has 158 valence electrons. The molecular weight excluding hydrogens is 372 g/mol. The summed E-state index contributed by atoms with van der Waals surface area (Å²) in [5.41, 5.74) is 1.84. The Hall–Kier alpha value is -2.74. The molecule has 1 saturated heterocycles. The zero-order valence-corrected chi connectivity index (χ0v) is 17.3. The number of hydrogen-bond donors (Lipinski definition) is 2. The average Bonchev–Trinajstić information content (AvgIpc) is 2.68. The number of ketones is 1. The maximum atomic E-state index is 12.5. The van der Waals surface area contributed by atoms with E-state index in [1.54, 1.807) is 4.90 Å². The van der Waals surface area contributed by atoms with E-state index >= 15 is 0 Å². The fourth-order valence-electron chi connectivity index (χ4n) is 3.66. The van der Waals surface area contributed by atoms with Crippen LogP contribution in [0.25, 0.3) is 0 Å². The van der Waals surface area contributed by atoms with Crippen LogP contribution >= 0.6 is 0 Å². The highest BCUT2D eigenvalue weighted by Crippen LogP contribution is 2.21. The summed E-state index contributed by atoms with van der Waals surface area (Å²) in [6, 6.07) is 7.25. The van der Waals surface area contributed by atoms with Gasteiger partial charge in [0.2, 0.25) is 18.2 Å². The van der Waals surface area contributed by atoms with Crippen molar-refractivity contribution in [2.75, 3.05) is 25.5 Å². The summed E-state index contributed by atoms with van der Waals surface area (Å²) in [5, 5.41) is 5.27. The van der Waals surface area contributed by atoms with Crippen LogP contribution in [-0.2, 0) is 25.7 Å². The zero-order valence-electron chi connectivity index (χ0n) is 17.3. The third-order valence-electron chi connectivity index (χ3n) is 5.34. The lowest BCUT2D eigenvalue weighted by Gasteiger charge is -2.37. The number of carbonyl (C=O) groups is 4. The number of likely N-dealkylation sites (tertiary alicyclic amines) is 1. The molecule has 0 aromatic heterocycles. The number of piperidine rings is 1. The van der Waals surface area contributed by atoms with Crippen molar-refractivity contribution in [1.82, 2.24) is 15.1 Å². The van der Waals surface area contributed by atoms with Crippen LogP contribution in [0.4, 0.5) is 5.69 Å². The lowest BCUT2D eigenvalue weighted by atomic mass is 10.0. The number of benzene rings is 1. The molecule has 0 saturated carbocycles. The lowest BCUT2D eigenvalue weighted by molar-refractivity contribution is -0.136. The summed E-state index contributed by atoms with van der Waals surface area (Å²) in [6.45, 7) is 4.65. The van der Waals surface area contributed by atoms with E-state index in [1.165, 1.54) is 13.8 Å². The van der Waals surface area contributed by atoms with E-state index in [0.717, 1.165) is 24.1 Å². The van der Waals surface area contributed by atoms with Gasteiger partial charge in [-0.1, -0.05) is 18.2 Å². The van der Waals surface area contributed by atoms with Crippen LogP contribution < -0.4 is 10.6 Å². The second-order valence-electron chi connectivity index (χ2n) is 7.51. The molecule has 8 heteroatoms. The van der Waals surface area contributed by atoms with Gasteiger partial charge in [0, 0.05) is 38.3 Å². The predicted molar refractivity (Wildman–Crippen MR) is 110 cm³/mol. The molecule has 2 N–H and O–H groups in total. The van der Waals surface area contributed by atoms with Gasteiger partial charge < -0.3 is 15.5 Å². The van der Waals surface area contributed by atoms with Gasteiger partial charge in [-0.05, 0) is 38.4 Å². The molecule has 0 spiro atoms. The van der Waals surface area contributed by atoms with Crippen LogP contribution in [-0.4, -0.2) is 66.0 Å². The van der Waals surface area contributed by atoms with Crippen molar-refractivity contribution >= 4 is 29.7 Å². The first-order chi connectivity index (χ1) is 13.8. The number of nitrogens with one attached hydrogen (secondary N) is 2. The smallest absolute Gasteiger partial charge is 0.225 e. The second-order valence-corrected chi connectivity index (χ2v) is 7.51. The van der Waals surface area contributed by atoms with E-state index in [2.05, 4.69) is 15.5 Å². The molecule has 8 nitrogen and oxygen atoms in total. The van der Waals surface area contributed by atoms with Gasteiger partial charge >= 0.3 is 0 Å². The largest absolute Gasteiger partial charge is 0.346 e. The van der Waals surface area contributed by atoms with E-state index in [-0.39, 0.29) is 24.0 Å². The van der Waals surface area contributed by atoms with Crippen molar-refractivity contribution < 1.29 is 19.2 Å². The molecule has 1 heterocycles. The Morgan fingerprint density at radius 1 is 1.21 bits per heavy atom. The highest BCUT2D eigenvalue weighted by Gasteiger charge is 2.28. The highest BCUT2D eigenvalue weighted by molar-refractivity contribution is 5.91. The summed E-state index contributed by atoms with van der Waals surface area (Å²) < 4.78 is 0. The first-order valence-electron chi connectivity index (χ1n) is 9.85. The quantitative estimate of drug-likeness (QED) is 0.604. The minimum absolute atomic E-state index is 0.000158. The van der Waals surface area contributed by atoms with Crippen LogP contribution in [0.5, 0.6) is 0 Å². The van der Waals surface area contributed by atoms with Gasteiger partial charge in [-0.2, -0.15) is 0 Å². The number of nitrogens with zero attached hydrogens (tertiary/aromatic N) is 2. The molecule has 0 radical (unpaired) electrons.